The summed E-state index contributed by atoms with van der Waals surface area (Å²) < 4.78 is 5.04. The number of carbonyl (C=O) groups excluding carboxylic acids is 1. The van der Waals surface area contributed by atoms with E-state index in [4.69, 9.17) is 4.74 Å². The van der Waals surface area contributed by atoms with Crippen LogP contribution in [0, 0.1) is 0 Å². The molecule has 0 bridgehead atoms. The first-order valence-corrected chi connectivity index (χ1v) is 4.43. The van der Waals surface area contributed by atoms with Gasteiger partial charge in [0.1, 0.15) is 6.10 Å². The van der Waals surface area contributed by atoms with Crippen LogP contribution in [0.3, 0.4) is 0 Å². The average Bonchev–Trinajstić information content (AvgIpc) is 2.15. The lowest BCUT2D eigenvalue weighted by molar-refractivity contribution is -0.145. The number of rotatable bonds is 1. The van der Waals surface area contributed by atoms with Gasteiger partial charge in [-0.25, -0.2) is 0 Å². The Morgan fingerprint density at radius 1 is 1.60 bits per heavy atom. The molecule has 2 nitrogen and oxygen atoms in total. The van der Waals surface area contributed by atoms with Crippen molar-refractivity contribution in [2.75, 3.05) is 0 Å². The summed E-state index contributed by atoms with van der Waals surface area (Å²) in [5.41, 5.74) is 0. The minimum absolute atomic E-state index is 0.123. The molecular formula is C7H11BrO2. The van der Waals surface area contributed by atoms with Crippen LogP contribution >= 0.6 is 15.9 Å². The van der Waals surface area contributed by atoms with Crippen molar-refractivity contribution in [1.82, 2.24) is 0 Å². The van der Waals surface area contributed by atoms with Gasteiger partial charge in [-0.2, -0.15) is 0 Å². The van der Waals surface area contributed by atoms with E-state index >= 15 is 0 Å². The molecule has 1 saturated carbocycles. The van der Waals surface area contributed by atoms with Crippen LogP contribution in [0.5, 0.6) is 0 Å². The van der Waals surface area contributed by atoms with Gasteiger partial charge >= 0.3 is 5.97 Å². The minimum atomic E-state index is -0.170. The Bertz CT molecular complexity index is 136. The molecule has 1 aliphatic carbocycles. The Morgan fingerprint density at radius 2 is 2.30 bits per heavy atom. The van der Waals surface area contributed by atoms with E-state index in [-0.39, 0.29) is 12.1 Å². The van der Waals surface area contributed by atoms with Gasteiger partial charge in [-0.3, -0.25) is 4.79 Å². The van der Waals surface area contributed by atoms with Crippen molar-refractivity contribution in [1.29, 1.82) is 0 Å². The smallest absolute Gasteiger partial charge is 0.302 e. The SMILES string of the molecule is CC(=O)O[C@@H]1CCC[C@@H]1Br. The lowest BCUT2D eigenvalue weighted by atomic mass is 10.3. The zero-order valence-electron chi connectivity index (χ0n) is 5.97. The van der Waals surface area contributed by atoms with Gasteiger partial charge in [-0.1, -0.05) is 15.9 Å². The second kappa shape index (κ2) is 3.37. The van der Waals surface area contributed by atoms with Crippen LogP contribution in [0.15, 0.2) is 0 Å². The van der Waals surface area contributed by atoms with E-state index in [0.29, 0.717) is 4.83 Å². The van der Waals surface area contributed by atoms with Crippen molar-refractivity contribution in [3.63, 3.8) is 0 Å². The number of alkyl halides is 1. The van der Waals surface area contributed by atoms with Gasteiger partial charge in [0, 0.05) is 6.92 Å². The summed E-state index contributed by atoms with van der Waals surface area (Å²) in [6.45, 7) is 1.46. The Balaban J connectivity index is 2.33. The number of halogens is 1. The van der Waals surface area contributed by atoms with E-state index in [1.54, 1.807) is 0 Å². The third kappa shape index (κ3) is 1.97. The monoisotopic (exact) mass is 206 g/mol. The maximum absolute atomic E-state index is 10.5. The van der Waals surface area contributed by atoms with Crippen LogP contribution < -0.4 is 0 Å². The molecule has 1 fully saturated rings. The fourth-order valence-corrected chi connectivity index (χ4v) is 1.92. The number of ether oxygens (including phenoxy) is 1. The van der Waals surface area contributed by atoms with Gasteiger partial charge in [-0.15, -0.1) is 0 Å². The number of hydrogen-bond donors (Lipinski definition) is 0. The maximum atomic E-state index is 10.5. The van der Waals surface area contributed by atoms with Gasteiger partial charge in [0.05, 0.1) is 4.83 Å². The molecule has 2 atom stereocenters. The van der Waals surface area contributed by atoms with Crippen molar-refractivity contribution in [3.05, 3.63) is 0 Å². The molecule has 0 amide bonds. The first-order valence-electron chi connectivity index (χ1n) is 3.51. The molecule has 1 aliphatic rings. The number of carbonyl (C=O) groups is 1. The highest BCUT2D eigenvalue weighted by Gasteiger charge is 2.26. The molecular weight excluding hydrogens is 196 g/mol. The van der Waals surface area contributed by atoms with Gasteiger partial charge < -0.3 is 4.74 Å². The van der Waals surface area contributed by atoms with Crippen molar-refractivity contribution in [2.24, 2.45) is 0 Å². The molecule has 3 heteroatoms. The summed E-state index contributed by atoms with van der Waals surface area (Å²) in [5.74, 6) is -0.170. The molecule has 0 aromatic carbocycles. The Kier molecular flexibility index (Phi) is 2.72. The van der Waals surface area contributed by atoms with Crippen molar-refractivity contribution in [3.8, 4) is 0 Å². The molecule has 0 saturated heterocycles. The standard InChI is InChI=1S/C7H11BrO2/c1-5(9)10-7-4-2-3-6(7)8/h6-7H,2-4H2,1H3/t6-,7+/m0/s1. The summed E-state index contributed by atoms with van der Waals surface area (Å²) in [4.78, 5) is 10.9. The largest absolute Gasteiger partial charge is 0.461 e. The van der Waals surface area contributed by atoms with Crippen LogP contribution in [0.2, 0.25) is 0 Å². The van der Waals surface area contributed by atoms with E-state index in [2.05, 4.69) is 15.9 Å². The molecule has 0 heterocycles. The molecule has 0 spiro atoms. The second-order valence-electron chi connectivity index (χ2n) is 2.59. The van der Waals surface area contributed by atoms with Gasteiger partial charge in [0.25, 0.3) is 0 Å². The van der Waals surface area contributed by atoms with Gasteiger partial charge in [0.15, 0.2) is 0 Å². The summed E-state index contributed by atoms with van der Waals surface area (Å²) in [6.07, 6.45) is 3.42. The van der Waals surface area contributed by atoms with E-state index in [1.807, 2.05) is 0 Å². The van der Waals surface area contributed by atoms with Crippen LogP contribution in [0.25, 0.3) is 0 Å². The zero-order valence-corrected chi connectivity index (χ0v) is 7.56. The fraction of sp³-hybridized carbons (Fsp3) is 0.857. The highest BCUT2D eigenvalue weighted by atomic mass is 79.9. The first-order chi connectivity index (χ1) is 4.70. The van der Waals surface area contributed by atoms with Crippen LogP contribution in [0.4, 0.5) is 0 Å². The fourth-order valence-electron chi connectivity index (χ4n) is 1.23. The van der Waals surface area contributed by atoms with Gasteiger partial charge in [-0.05, 0) is 19.3 Å². The molecule has 0 aliphatic heterocycles. The maximum Gasteiger partial charge on any atom is 0.302 e. The topological polar surface area (TPSA) is 26.3 Å². The van der Waals surface area contributed by atoms with Crippen LogP contribution in [0.1, 0.15) is 26.2 Å². The molecule has 0 aromatic rings. The third-order valence-electron chi connectivity index (χ3n) is 1.69. The van der Waals surface area contributed by atoms with E-state index < -0.39 is 0 Å². The van der Waals surface area contributed by atoms with Crippen molar-refractivity contribution in [2.45, 2.75) is 37.1 Å². The Hall–Kier alpha value is -0.0500. The molecule has 0 aromatic heterocycles. The molecule has 0 unspecified atom stereocenters. The lowest BCUT2D eigenvalue weighted by Crippen LogP contribution is -2.20. The summed E-state index contributed by atoms with van der Waals surface area (Å²) in [7, 11) is 0. The minimum Gasteiger partial charge on any atom is -0.461 e. The molecule has 0 N–H and O–H groups in total. The second-order valence-corrected chi connectivity index (χ2v) is 3.77. The molecule has 10 heavy (non-hydrogen) atoms. The predicted molar refractivity (Wildman–Crippen MR) is 42.1 cm³/mol. The highest BCUT2D eigenvalue weighted by molar-refractivity contribution is 9.09. The van der Waals surface area contributed by atoms with E-state index in [9.17, 15) is 4.79 Å². The predicted octanol–water partition coefficient (Wildman–Crippen LogP) is 1.87. The van der Waals surface area contributed by atoms with Gasteiger partial charge in [0.2, 0.25) is 0 Å². The first kappa shape index (κ1) is 8.05. The zero-order chi connectivity index (χ0) is 7.56. The van der Waals surface area contributed by atoms with Crippen LogP contribution in [-0.4, -0.2) is 16.9 Å². The quantitative estimate of drug-likeness (QED) is 0.484. The van der Waals surface area contributed by atoms with Crippen LogP contribution in [-0.2, 0) is 9.53 Å². The summed E-state index contributed by atoms with van der Waals surface area (Å²) >= 11 is 3.46. The van der Waals surface area contributed by atoms with E-state index in [1.165, 1.54) is 6.92 Å². The summed E-state index contributed by atoms with van der Waals surface area (Å²) in [5, 5.41) is 0. The van der Waals surface area contributed by atoms with E-state index in [0.717, 1.165) is 19.3 Å². The van der Waals surface area contributed by atoms with Crippen molar-refractivity contribution < 1.29 is 9.53 Å². The number of esters is 1. The Labute approximate surface area is 69.1 Å². The normalized spacial score (nSPS) is 32.2. The lowest BCUT2D eigenvalue weighted by Gasteiger charge is -2.12. The molecule has 0 radical (unpaired) electrons. The molecule has 58 valence electrons. The Morgan fingerprint density at radius 3 is 2.70 bits per heavy atom. The van der Waals surface area contributed by atoms with Crippen molar-refractivity contribution >= 4 is 21.9 Å². The average molecular weight is 207 g/mol. The highest BCUT2D eigenvalue weighted by Crippen LogP contribution is 2.27. The third-order valence-corrected chi connectivity index (χ3v) is 2.74. The number of hydrogen-bond acceptors (Lipinski definition) is 2. The summed E-state index contributed by atoms with van der Waals surface area (Å²) in [6, 6.07) is 0. The molecule has 1 rings (SSSR count).